The average molecular weight is 351 g/mol. The van der Waals surface area contributed by atoms with Crippen molar-refractivity contribution in [3.8, 4) is 0 Å². The Kier molecular flexibility index (Phi) is 3.90. The van der Waals surface area contributed by atoms with E-state index in [-0.39, 0.29) is 23.5 Å². The topological polar surface area (TPSA) is 96.4 Å². The number of fused-ring (bicyclic) bond motifs is 1. The van der Waals surface area contributed by atoms with Crippen LogP contribution in [0.3, 0.4) is 0 Å². The van der Waals surface area contributed by atoms with Gasteiger partial charge in [0.25, 0.3) is 11.8 Å². The minimum Gasteiger partial charge on any atom is -0.274 e. The molecule has 1 aliphatic heterocycles. The lowest BCUT2D eigenvalue weighted by molar-refractivity contribution is 0.0656. The van der Waals surface area contributed by atoms with Crippen LogP contribution in [-0.4, -0.2) is 42.9 Å². The van der Waals surface area contributed by atoms with Crippen LogP contribution in [0.5, 0.6) is 0 Å². The molecule has 0 unspecified atom stereocenters. The highest BCUT2D eigenvalue weighted by Gasteiger charge is 2.34. The van der Waals surface area contributed by atoms with E-state index in [2.05, 4.69) is 9.71 Å². The Morgan fingerprint density at radius 3 is 2.35 bits per heavy atom. The first-order chi connectivity index (χ1) is 10.8. The van der Waals surface area contributed by atoms with Crippen LogP contribution in [0.2, 0.25) is 0 Å². The summed E-state index contributed by atoms with van der Waals surface area (Å²) in [6.07, 6.45) is 1.42. The highest BCUT2D eigenvalue weighted by molar-refractivity contribution is 7.92. The quantitative estimate of drug-likeness (QED) is 0.820. The number of carbonyl (C=O) groups is 2. The molecule has 0 spiro atoms. The summed E-state index contributed by atoms with van der Waals surface area (Å²) in [6, 6.07) is 6.70. The number of hydrogen-bond donors (Lipinski definition) is 1. The van der Waals surface area contributed by atoms with Crippen LogP contribution in [0.1, 0.15) is 26.4 Å². The summed E-state index contributed by atoms with van der Waals surface area (Å²) in [5.74, 6) is -0.620. The summed E-state index contributed by atoms with van der Waals surface area (Å²) in [6.45, 7) is 0.203. The van der Waals surface area contributed by atoms with Gasteiger partial charge >= 0.3 is 0 Å². The number of aromatic nitrogens is 1. The fraction of sp³-hybridized carbons (Fsp3) is 0.214. The van der Waals surface area contributed by atoms with E-state index < -0.39 is 10.0 Å². The van der Waals surface area contributed by atoms with Crippen LogP contribution in [0.15, 0.2) is 29.6 Å². The van der Waals surface area contributed by atoms with Gasteiger partial charge in [-0.3, -0.25) is 19.2 Å². The van der Waals surface area contributed by atoms with Crippen molar-refractivity contribution in [3.05, 3.63) is 46.5 Å². The first-order valence-corrected chi connectivity index (χ1v) is 9.50. The summed E-state index contributed by atoms with van der Waals surface area (Å²) < 4.78 is 24.6. The van der Waals surface area contributed by atoms with Gasteiger partial charge in [0.05, 0.1) is 23.1 Å². The van der Waals surface area contributed by atoms with Gasteiger partial charge in [-0.25, -0.2) is 13.4 Å². The predicted octanol–water partition coefficient (Wildman–Crippen LogP) is 1.35. The van der Waals surface area contributed by atoms with Gasteiger partial charge in [0, 0.05) is 18.3 Å². The number of nitrogens with zero attached hydrogens (tertiary/aromatic N) is 2. The van der Waals surface area contributed by atoms with Crippen molar-refractivity contribution in [2.45, 2.75) is 6.42 Å². The molecule has 2 amide bonds. The van der Waals surface area contributed by atoms with E-state index in [0.29, 0.717) is 23.2 Å². The molecule has 0 saturated heterocycles. The molecule has 3 rings (SSSR count). The molecule has 1 N–H and O–H groups in total. The molecule has 1 aromatic carbocycles. The Morgan fingerprint density at radius 1 is 1.17 bits per heavy atom. The molecule has 0 aliphatic carbocycles. The Bertz CT molecular complexity index is 854. The van der Waals surface area contributed by atoms with Crippen molar-refractivity contribution < 1.29 is 18.0 Å². The van der Waals surface area contributed by atoms with E-state index in [0.717, 1.165) is 17.6 Å². The van der Waals surface area contributed by atoms with Crippen LogP contribution in [-0.2, 0) is 16.4 Å². The van der Waals surface area contributed by atoms with Gasteiger partial charge in [-0.2, -0.15) is 0 Å². The second-order valence-corrected chi connectivity index (χ2v) is 7.68. The van der Waals surface area contributed by atoms with Crippen molar-refractivity contribution in [1.82, 2.24) is 9.88 Å². The monoisotopic (exact) mass is 351 g/mol. The molecular formula is C14H13N3O4S2. The molecule has 7 nitrogen and oxygen atoms in total. The lowest BCUT2D eigenvalue weighted by atomic mass is 10.1. The maximum atomic E-state index is 12.2. The van der Waals surface area contributed by atoms with Crippen molar-refractivity contribution in [3.63, 3.8) is 0 Å². The smallest absolute Gasteiger partial charge is 0.261 e. The van der Waals surface area contributed by atoms with E-state index in [1.54, 1.807) is 29.6 Å². The molecule has 0 atom stereocenters. The fourth-order valence-electron chi connectivity index (χ4n) is 2.30. The van der Waals surface area contributed by atoms with E-state index in [4.69, 9.17) is 0 Å². The van der Waals surface area contributed by atoms with Crippen LogP contribution < -0.4 is 4.72 Å². The van der Waals surface area contributed by atoms with Crippen LogP contribution in [0, 0.1) is 0 Å². The third-order valence-electron chi connectivity index (χ3n) is 3.29. The van der Waals surface area contributed by atoms with Gasteiger partial charge < -0.3 is 0 Å². The predicted molar refractivity (Wildman–Crippen MR) is 86.1 cm³/mol. The zero-order valence-electron chi connectivity index (χ0n) is 12.1. The molecule has 23 heavy (non-hydrogen) atoms. The maximum Gasteiger partial charge on any atom is 0.261 e. The standard InChI is InChI=1S/C14H13N3O4S2/c1-23(20,21)16-14-15-9(8-22-14)6-7-17-12(18)10-4-2-3-5-11(10)13(17)19/h2-5,8H,6-7H2,1H3,(H,15,16). The lowest BCUT2D eigenvalue weighted by Crippen LogP contribution is -2.31. The van der Waals surface area contributed by atoms with Gasteiger partial charge in [0.1, 0.15) is 0 Å². The number of imide groups is 1. The minimum absolute atomic E-state index is 0.203. The molecule has 2 heterocycles. The van der Waals surface area contributed by atoms with Crippen molar-refractivity contribution in [2.24, 2.45) is 0 Å². The van der Waals surface area contributed by atoms with E-state index in [1.165, 1.54) is 4.90 Å². The van der Waals surface area contributed by atoms with Gasteiger partial charge in [-0.15, -0.1) is 11.3 Å². The number of rotatable bonds is 5. The third-order valence-corrected chi connectivity index (χ3v) is 4.79. The summed E-state index contributed by atoms with van der Waals surface area (Å²) in [5.41, 5.74) is 1.45. The first-order valence-electron chi connectivity index (χ1n) is 6.72. The van der Waals surface area contributed by atoms with E-state index in [1.807, 2.05) is 0 Å². The SMILES string of the molecule is CS(=O)(=O)Nc1nc(CCN2C(=O)c3ccccc3C2=O)cs1. The van der Waals surface area contributed by atoms with Gasteiger partial charge in [-0.05, 0) is 12.1 Å². The number of nitrogens with one attached hydrogen (secondary N) is 1. The molecule has 120 valence electrons. The molecule has 0 radical (unpaired) electrons. The number of benzene rings is 1. The second kappa shape index (κ2) is 5.74. The van der Waals surface area contributed by atoms with E-state index in [9.17, 15) is 18.0 Å². The van der Waals surface area contributed by atoms with E-state index >= 15 is 0 Å². The van der Waals surface area contributed by atoms with Crippen molar-refractivity contribution in [2.75, 3.05) is 17.5 Å². The summed E-state index contributed by atoms with van der Waals surface area (Å²) in [4.78, 5) is 29.8. The molecule has 9 heteroatoms. The number of amides is 2. The Morgan fingerprint density at radius 2 is 1.78 bits per heavy atom. The molecule has 1 aromatic heterocycles. The third kappa shape index (κ3) is 3.25. The van der Waals surface area contributed by atoms with Crippen LogP contribution in [0.4, 0.5) is 5.13 Å². The fourth-order valence-corrected chi connectivity index (χ4v) is 3.89. The Labute approximate surface area is 137 Å². The van der Waals surface area contributed by atoms with Gasteiger partial charge in [0.15, 0.2) is 5.13 Å². The number of anilines is 1. The Hall–Kier alpha value is -2.26. The second-order valence-electron chi connectivity index (χ2n) is 5.08. The summed E-state index contributed by atoms with van der Waals surface area (Å²) in [7, 11) is -3.37. The van der Waals surface area contributed by atoms with Gasteiger partial charge in [-0.1, -0.05) is 12.1 Å². The lowest BCUT2D eigenvalue weighted by Gasteiger charge is -2.12. The average Bonchev–Trinajstić information content (AvgIpc) is 3.01. The molecule has 0 saturated carbocycles. The highest BCUT2D eigenvalue weighted by Crippen LogP contribution is 2.23. The minimum atomic E-state index is -3.37. The molecule has 0 fully saturated rings. The first kappa shape index (κ1) is 15.6. The molecule has 0 bridgehead atoms. The highest BCUT2D eigenvalue weighted by atomic mass is 32.2. The number of thiazole rings is 1. The molecular weight excluding hydrogens is 338 g/mol. The number of sulfonamides is 1. The largest absolute Gasteiger partial charge is 0.274 e. The zero-order valence-corrected chi connectivity index (χ0v) is 13.8. The summed E-state index contributed by atoms with van der Waals surface area (Å²) >= 11 is 1.16. The Balaban J connectivity index is 1.68. The number of hydrogen-bond acceptors (Lipinski definition) is 6. The summed E-state index contributed by atoms with van der Waals surface area (Å²) in [5, 5.41) is 1.97. The van der Waals surface area contributed by atoms with Crippen LogP contribution >= 0.6 is 11.3 Å². The van der Waals surface area contributed by atoms with Gasteiger partial charge in [0.2, 0.25) is 10.0 Å². The normalized spacial score (nSPS) is 14.2. The maximum absolute atomic E-state index is 12.2. The molecule has 1 aliphatic rings. The van der Waals surface area contributed by atoms with Crippen LogP contribution in [0.25, 0.3) is 0 Å². The van der Waals surface area contributed by atoms with Crippen molar-refractivity contribution >= 4 is 38.3 Å². The number of carbonyl (C=O) groups excluding carboxylic acids is 2. The zero-order chi connectivity index (χ0) is 16.6. The molecule has 2 aromatic rings. The van der Waals surface area contributed by atoms with Crippen molar-refractivity contribution in [1.29, 1.82) is 0 Å².